The van der Waals surface area contributed by atoms with Gasteiger partial charge in [0, 0.05) is 29.1 Å². The van der Waals surface area contributed by atoms with E-state index in [4.69, 9.17) is 16.3 Å². The lowest BCUT2D eigenvalue weighted by Crippen LogP contribution is -2.22. The highest BCUT2D eigenvalue weighted by Gasteiger charge is 2.26. The van der Waals surface area contributed by atoms with Crippen molar-refractivity contribution >= 4 is 46.0 Å². The van der Waals surface area contributed by atoms with Crippen molar-refractivity contribution in [2.24, 2.45) is 0 Å². The predicted molar refractivity (Wildman–Crippen MR) is 84.1 cm³/mol. The average molecular weight is 409 g/mol. The number of rotatable bonds is 5. The second-order valence-electron chi connectivity index (χ2n) is 4.39. The van der Waals surface area contributed by atoms with Gasteiger partial charge in [-0.05, 0) is 35.1 Å². The van der Waals surface area contributed by atoms with E-state index in [1.165, 1.54) is 6.92 Å². The Hall–Kier alpha value is -1.02. The van der Waals surface area contributed by atoms with Crippen molar-refractivity contribution in [1.82, 2.24) is 10.6 Å². The number of hydrogen-bond acceptors (Lipinski definition) is 3. The van der Waals surface area contributed by atoms with Gasteiger partial charge in [-0.25, -0.2) is 0 Å². The van der Waals surface area contributed by atoms with Crippen molar-refractivity contribution in [1.29, 1.82) is 0 Å². The Bertz CT molecular complexity index is 563. The van der Waals surface area contributed by atoms with Gasteiger partial charge in [0.05, 0.1) is 17.2 Å². The first-order chi connectivity index (χ1) is 9.50. The molecule has 5 nitrogen and oxygen atoms in total. The lowest BCUT2D eigenvalue weighted by Gasteiger charge is -2.12. The van der Waals surface area contributed by atoms with E-state index in [0.29, 0.717) is 42.5 Å². The van der Waals surface area contributed by atoms with Gasteiger partial charge in [0.1, 0.15) is 5.75 Å². The molecule has 7 heteroatoms. The van der Waals surface area contributed by atoms with E-state index in [1.54, 1.807) is 6.07 Å². The molecule has 1 aromatic carbocycles. The second kappa shape index (κ2) is 6.62. The zero-order valence-electron chi connectivity index (χ0n) is 10.9. The molecule has 0 spiro atoms. The zero-order chi connectivity index (χ0) is 14.7. The van der Waals surface area contributed by atoms with Crippen LogP contribution in [0.2, 0.25) is 5.02 Å². The van der Waals surface area contributed by atoms with Crippen LogP contribution >= 0.6 is 34.2 Å². The molecule has 0 radical (unpaired) electrons. The second-order valence-corrected chi connectivity index (χ2v) is 5.93. The summed E-state index contributed by atoms with van der Waals surface area (Å²) >= 11 is 8.37. The number of fused-ring (bicyclic) bond motifs is 1. The number of halogens is 2. The van der Waals surface area contributed by atoms with Crippen molar-refractivity contribution in [3.8, 4) is 5.75 Å². The average Bonchev–Trinajstić information content (AvgIpc) is 2.77. The van der Waals surface area contributed by atoms with Crippen molar-refractivity contribution in [2.45, 2.75) is 19.9 Å². The molecule has 0 bridgehead atoms. The molecular weight excluding hydrogens is 395 g/mol. The fourth-order valence-corrected chi connectivity index (χ4v) is 3.07. The molecule has 0 saturated carbocycles. The Morgan fingerprint density at radius 3 is 3.05 bits per heavy atom. The number of ether oxygens (including phenoxy) is 1. The minimum absolute atomic E-state index is 0.0558. The largest absolute Gasteiger partial charge is 0.492 e. The Labute approximate surface area is 135 Å². The van der Waals surface area contributed by atoms with Crippen LogP contribution in [0.4, 0.5) is 0 Å². The van der Waals surface area contributed by atoms with E-state index in [1.807, 2.05) is 0 Å². The van der Waals surface area contributed by atoms with E-state index >= 15 is 0 Å². The van der Waals surface area contributed by atoms with Crippen LogP contribution in [0, 0.1) is 3.57 Å². The molecule has 108 valence electrons. The van der Waals surface area contributed by atoms with Gasteiger partial charge in [-0.3, -0.25) is 9.59 Å². The Morgan fingerprint density at radius 1 is 1.60 bits per heavy atom. The number of nitrogens with one attached hydrogen (secondary N) is 2. The highest BCUT2D eigenvalue weighted by molar-refractivity contribution is 14.1. The van der Waals surface area contributed by atoms with Crippen LogP contribution in [-0.4, -0.2) is 25.0 Å². The first-order valence-corrected chi connectivity index (χ1v) is 7.62. The van der Waals surface area contributed by atoms with Gasteiger partial charge >= 0.3 is 0 Å². The van der Waals surface area contributed by atoms with Crippen LogP contribution in [0.5, 0.6) is 5.75 Å². The molecule has 0 fully saturated rings. The smallest absolute Gasteiger partial charge is 0.253 e. The number of amides is 2. The first kappa shape index (κ1) is 15.4. The maximum absolute atomic E-state index is 11.7. The summed E-state index contributed by atoms with van der Waals surface area (Å²) in [6, 6.07) is 1.77. The van der Waals surface area contributed by atoms with Crippen LogP contribution in [0.15, 0.2) is 6.07 Å². The monoisotopic (exact) mass is 408 g/mol. The van der Waals surface area contributed by atoms with Crippen LogP contribution in [0.25, 0.3) is 0 Å². The van der Waals surface area contributed by atoms with Crippen molar-refractivity contribution in [3.63, 3.8) is 0 Å². The van der Waals surface area contributed by atoms with Crippen molar-refractivity contribution in [3.05, 3.63) is 25.8 Å². The summed E-state index contributed by atoms with van der Waals surface area (Å²) in [5, 5.41) is 5.93. The van der Waals surface area contributed by atoms with E-state index in [2.05, 4.69) is 33.2 Å². The minimum Gasteiger partial charge on any atom is -0.492 e. The van der Waals surface area contributed by atoms with Gasteiger partial charge in [0.2, 0.25) is 5.91 Å². The lowest BCUT2D eigenvalue weighted by molar-refractivity contribution is -0.118. The molecule has 1 aliphatic rings. The summed E-state index contributed by atoms with van der Waals surface area (Å²) in [5.41, 5.74) is 1.43. The molecule has 0 saturated heterocycles. The molecular formula is C13H14ClIN2O3. The maximum Gasteiger partial charge on any atom is 0.253 e. The highest BCUT2D eigenvalue weighted by Crippen LogP contribution is 2.36. The molecule has 0 aliphatic carbocycles. The predicted octanol–water partition coefficient (Wildman–Crippen LogP) is 2.09. The van der Waals surface area contributed by atoms with Crippen molar-refractivity contribution < 1.29 is 14.3 Å². The third kappa shape index (κ3) is 3.35. The lowest BCUT2D eigenvalue weighted by atomic mass is 10.1. The molecule has 2 amide bonds. The summed E-state index contributed by atoms with van der Waals surface area (Å²) in [4.78, 5) is 22.4. The zero-order valence-corrected chi connectivity index (χ0v) is 13.8. The Balaban J connectivity index is 2.01. The van der Waals surface area contributed by atoms with Crippen LogP contribution < -0.4 is 15.4 Å². The quantitative estimate of drug-likeness (QED) is 0.579. The molecule has 2 rings (SSSR count). The third-order valence-electron chi connectivity index (χ3n) is 2.89. The fourth-order valence-electron chi connectivity index (χ4n) is 1.95. The summed E-state index contributed by atoms with van der Waals surface area (Å²) in [6.45, 7) is 2.93. The first-order valence-electron chi connectivity index (χ1n) is 6.17. The molecule has 1 aliphatic heterocycles. The molecule has 0 atom stereocenters. The number of carbonyl (C=O) groups is 2. The van der Waals surface area contributed by atoms with Gasteiger partial charge < -0.3 is 15.4 Å². The van der Waals surface area contributed by atoms with Crippen LogP contribution in [0.1, 0.15) is 29.3 Å². The minimum atomic E-state index is -0.0940. The normalized spacial score (nSPS) is 12.8. The summed E-state index contributed by atoms with van der Waals surface area (Å²) in [6.07, 6.45) is 0.695. The number of hydrogen-bond donors (Lipinski definition) is 2. The van der Waals surface area contributed by atoms with Crippen molar-refractivity contribution in [2.75, 3.05) is 13.2 Å². The van der Waals surface area contributed by atoms with E-state index in [9.17, 15) is 9.59 Å². The van der Waals surface area contributed by atoms with Crippen LogP contribution in [-0.2, 0) is 11.3 Å². The Morgan fingerprint density at radius 2 is 2.35 bits per heavy atom. The topological polar surface area (TPSA) is 67.4 Å². The molecule has 1 aromatic rings. The number of carbonyl (C=O) groups excluding carboxylic acids is 2. The highest BCUT2D eigenvalue weighted by atomic mass is 127. The van der Waals surface area contributed by atoms with Crippen LogP contribution in [0.3, 0.4) is 0 Å². The molecule has 20 heavy (non-hydrogen) atoms. The molecule has 1 heterocycles. The van der Waals surface area contributed by atoms with E-state index in [-0.39, 0.29) is 11.8 Å². The summed E-state index contributed by atoms with van der Waals surface area (Å²) in [7, 11) is 0. The molecule has 0 aromatic heterocycles. The van der Waals surface area contributed by atoms with E-state index in [0.717, 1.165) is 9.13 Å². The summed E-state index contributed by atoms with van der Waals surface area (Å²) in [5.74, 6) is 0.428. The standard InChI is InChI=1S/C13H14ClIN2O3/c1-7(18)16-3-2-4-20-10-5-9(15)11-8(12(10)14)6-17-13(11)19/h5H,2-4,6H2,1H3,(H,16,18)(H,17,19). The van der Waals surface area contributed by atoms with Gasteiger partial charge in [0.15, 0.2) is 0 Å². The van der Waals surface area contributed by atoms with Gasteiger partial charge in [-0.2, -0.15) is 0 Å². The SMILES string of the molecule is CC(=O)NCCCOc1cc(I)c2c(c1Cl)CNC2=O. The Kier molecular flexibility index (Phi) is 5.09. The maximum atomic E-state index is 11.7. The van der Waals surface area contributed by atoms with E-state index < -0.39 is 0 Å². The molecule has 2 N–H and O–H groups in total. The molecule has 0 unspecified atom stereocenters. The number of benzene rings is 1. The van der Waals surface area contributed by atoms with Gasteiger partial charge in [-0.15, -0.1) is 0 Å². The fraction of sp³-hybridized carbons (Fsp3) is 0.385. The van der Waals surface area contributed by atoms with Gasteiger partial charge in [0.25, 0.3) is 5.91 Å². The third-order valence-corrected chi connectivity index (χ3v) is 4.15. The van der Waals surface area contributed by atoms with Gasteiger partial charge in [-0.1, -0.05) is 11.6 Å². The summed E-state index contributed by atoms with van der Waals surface area (Å²) < 4.78 is 6.46.